The molecule has 1 saturated carbocycles. The second kappa shape index (κ2) is 8.13. The number of aromatic amines is 1. The number of pyridine rings is 1. The number of aliphatic hydroxyl groups is 1. The zero-order chi connectivity index (χ0) is 21.1. The van der Waals surface area contributed by atoms with E-state index in [9.17, 15) is 0 Å². The van der Waals surface area contributed by atoms with Crippen molar-refractivity contribution in [3.8, 4) is 0 Å². The summed E-state index contributed by atoms with van der Waals surface area (Å²) in [6.07, 6.45) is 8.80. The predicted molar refractivity (Wildman–Crippen MR) is 123 cm³/mol. The SMILES string of the molecule is CO.C[C@@]1(c2ccccc2N)CC1c1ccc2c(/C=C/c3cccnc3)n[nH]c2c1. The smallest absolute Gasteiger partial charge is 0.0927 e. The number of nitrogens with one attached hydrogen (secondary N) is 1. The van der Waals surface area contributed by atoms with Gasteiger partial charge in [0.05, 0.1) is 11.2 Å². The summed E-state index contributed by atoms with van der Waals surface area (Å²) in [5.74, 6) is 0.485. The Balaban J connectivity index is 0.00000106. The Morgan fingerprint density at radius 3 is 2.70 bits per heavy atom. The van der Waals surface area contributed by atoms with E-state index in [4.69, 9.17) is 10.8 Å². The van der Waals surface area contributed by atoms with Crippen molar-refractivity contribution in [3.05, 3.63) is 89.4 Å². The maximum Gasteiger partial charge on any atom is 0.0927 e. The average Bonchev–Trinajstić information content (AvgIpc) is 3.32. The van der Waals surface area contributed by atoms with Crippen molar-refractivity contribution in [2.24, 2.45) is 0 Å². The summed E-state index contributed by atoms with van der Waals surface area (Å²) in [5, 5.41) is 15.8. The number of nitrogens with two attached hydrogens (primary N) is 1. The number of hydrogen-bond acceptors (Lipinski definition) is 4. The largest absolute Gasteiger partial charge is 0.400 e. The van der Waals surface area contributed by atoms with Gasteiger partial charge in [0, 0.05) is 36.0 Å². The van der Waals surface area contributed by atoms with Gasteiger partial charge < -0.3 is 10.8 Å². The van der Waals surface area contributed by atoms with E-state index < -0.39 is 0 Å². The minimum Gasteiger partial charge on any atom is -0.400 e. The molecule has 0 aliphatic heterocycles. The molecular weight excluding hydrogens is 372 g/mol. The van der Waals surface area contributed by atoms with Gasteiger partial charge in [-0.2, -0.15) is 5.10 Å². The fraction of sp³-hybridized carbons (Fsp3) is 0.200. The number of benzene rings is 2. The molecule has 2 aromatic carbocycles. The quantitative estimate of drug-likeness (QED) is 0.432. The van der Waals surface area contributed by atoms with E-state index >= 15 is 0 Å². The maximum atomic E-state index is 7.00. The third-order valence-electron chi connectivity index (χ3n) is 5.95. The van der Waals surface area contributed by atoms with Crippen molar-refractivity contribution in [2.45, 2.75) is 24.7 Å². The number of rotatable bonds is 4. The zero-order valence-electron chi connectivity index (χ0n) is 17.2. The van der Waals surface area contributed by atoms with Gasteiger partial charge in [-0.1, -0.05) is 49.4 Å². The second-order valence-electron chi connectivity index (χ2n) is 7.79. The maximum absolute atomic E-state index is 7.00. The molecule has 0 bridgehead atoms. The van der Waals surface area contributed by atoms with Gasteiger partial charge in [0.25, 0.3) is 0 Å². The number of H-pyrrole nitrogens is 1. The summed E-state index contributed by atoms with van der Waals surface area (Å²) in [7, 11) is 1.00. The van der Waals surface area contributed by atoms with Gasteiger partial charge in [-0.25, -0.2) is 0 Å². The molecule has 0 saturated heterocycles. The summed E-state index contributed by atoms with van der Waals surface area (Å²) >= 11 is 0. The molecule has 0 amide bonds. The van der Waals surface area contributed by atoms with Crippen LogP contribution in [0.4, 0.5) is 5.69 Å². The first-order valence-corrected chi connectivity index (χ1v) is 10.0. The Hall–Kier alpha value is -3.44. The van der Waals surface area contributed by atoms with E-state index in [1.54, 1.807) is 6.20 Å². The van der Waals surface area contributed by atoms with Crippen LogP contribution in [0.1, 0.15) is 41.6 Å². The van der Waals surface area contributed by atoms with Crippen LogP contribution in [0.5, 0.6) is 0 Å². The molecule has 1 aliphatic carbocycles. The highest BCUT2D eigenvalue weighted by Gasteiger charge is 2.52. The van der Waals surface area contributed by atoms with Gasteiger partial charge in [0.1, 0.15) is 0 Å². The molecule has 1 unspecified atom stereocenters. The molecule has 30 heavy (non-hydrogen) atoms. The van der Waals surface area contributed by atoms with Crippen LogP contribution in [0.2, 0.25) is 0 Å². The van der Waals surface area contributed by atoms with Crippen molar-refractivity contribution >= 4 is 28.7 Å². The lowest BCUT2D eigenvalue weighted by Gasteiger charge is -2.14. The fourth-order valence-electron chi connectivity index (χ4n) is 4.22. The summed E-state index contributed by atoms with van der Waals surface area (Å²) in [6, 6.07) is 18.8. The lowest BCUT2D eigenvalue weighted by atomic mass is 9.91. The first-order chi connectivity index (χ1) is 14.6. The van der Waals surface area contributed by atoms with Crippen LogP contribution < -0.4 is 5.73 Å². The van der Waals surface area contributed by atoms with Crippen LogP contribution in [0, 0.1) is 0 Å². The molecule has 152 valence electrons. The molecule has 0 radical (unpaired) electrons. The molecule has 1 aliphatic rings. The Morgan fingerprint density at radius 2 is 1.93 bits per heavy atom. The topological polar surface area (TPSA) is 87.8 Å². The monoisotopic (exact) mass is 398 g/mol. The molecule has 2 heterocycles. The number of aromatic nitrogens is 3. The van der Waals surface area contributed by atoms with E-state index in [0.29, 0.717) is 5.92 Å². The van der Waals surface area contributed by atoms with Gasteiger partial charge in [0.2, 0.25) is 0 Å². The molecule has 5 rings (SSSR count). The van der Waals surface area contributed by atoms with Crippen molar-refractivity contribution < 1.29 is 5.11 Å². The summed E-state index contributed by atoms with van der Waals surface area (Å²) in [6.45, 7) is 2.31. The Bertz CT molecular complexity index is 1180. The highest BCUT2D eigenvalue weighted by atomic mass is 16.2. The zero-order valence-corrected chi connectivity index (χ0v) is 17.2. The first-order valence-electron chi connectivity index (χ1n) is 10.0. The summed E-state index contributed by atoms with van der Waals surface area (Å²) in [4.78, 5) is 4.14. The molecule has 5 heteroatoms. The van der Waals surface area contributed by atoms with E-state index in [-0.39, 0.29) is 5.41 Å². The van der Waals surface area contributed by atoms with Crippen LogP contribution in [-0.4, -0.2) is 27.4 Å². The number of anilines is 1. The first kappa shape index (κ1) is 19.9. The summed E-state index contributed by atoms with van der Waals surface area (Å²) < 4.78 is 0. The highest BCUT2D eigenvalue weighted by Crippen LogP contribution is 2.61. The van der Waals surface area contributed by atoms with Gasteiger partial charge in [-0.15, -0.1) is 0 Å². The predicted octanol–water partition coefficient (Wildman–Crippen LogP) is 4.76. The van der Waals surface area contributed by atoms with E-state index in [2.05, 4.69) is 52.4 Å². The number of hydrogen-bond donors (Lipinski definition) is 3. The fourth-order valence-corrected chi connectivity index (χ4v) is 4.22. The molecule has 1 fully saturated rings. The van der Waals surface area contributed by atoms with Gasteiger partial charge in [-0.3, -0.25) is 10.1 Å². The molecule has 4 N–H and O–H groups in total. The lowest BCUT2D eigenvalue weighted by Crippen LogP contribution is -2.07. The third kappa shape index (κ3) is 3.60. The normalized spacial score (nSPS) is 20.2. The Morgan fingerprint density at radius 1 is 1.10 bits per heavy atom. The van der Waals surface area contributed by atoms with E-state index in [1.807, 2.05) is 42.6 Å². The number of aliphatic hydroxyl groups excluding tert-OH is 1. The lowest BCUT2D eigenvalue weighted by molar-refractivity contribution is 0.399. The summed E-state index contributed by atoms with van der Waals surface area (Å²) in [5.41, 5.74) is 12.9. The molecule has 0 spiro atoms. The highest BCUT2D eigenvalue weighted by molar-refractivity contribution is 5.89. The van der Waals surface area contributed by atoms with Crippen molar-refractivity contribution in [1.29, 1.82) is 0 Å². The molecule has 5 nitrogen and oxygen atoms in total. The minimum absolute atomic E-state index is 0.113. The molecular formula is C25H26N4O. The van der Waals surface area contributed by atoms with Crippen LogP contribution >= 0.6 is 0 Å². The second-order valence-corrected chi connectivity index (χ2v) is 7.79. The number of fused-ring (bicyclic) bond motifs is 1. The van der Waals surface area contributed by atoms with E-state index in [1.165, 1.54) is 11.1 Å². The Kier molecular flexibility index (Phi) is 5.38. The van der Waals surface area contributed by atoms with Crippen molar-refractivity contribution in [1.82, 2.24) is 15.2 Å². The van der Waals surface area contributed by atoms with Crippen LogP contribution in [-0.2, 0) is 5.41 Å². The van der Waals surface area contributed by atoms with Crippen LogP contribution in [0.3, 0.4) is 0 Å². The molecule has 2 atom stereocenters. The van der Waals surface area contributed by atoms with Crippen molar-refractivity contribution in [3.63, 3.8) is 0 Å². The van der Waals surface area contributed by atoms with E-state index in [0.717, 1.165) is 41.4 Å². The van der Waals surface area contributed by atoms with Gasteiger partial charge in [0.15, 0.2) is 0 Å². The molecule has 4 aromatic rings. The van der Waals surface area contributed by atoms with Gasteiger partial charge >= 0.3 is 0 Å². The van der Waals surface area contributed by atoms with Crippen LogP contribution in [0.25, 0.3) is 23.1 Å². The average molecular weight is 399 g/mol. The van der Waals surface area contributed by atoms with Gasteiger partial charge in [-0.05, 0) is 53.3 Å². The third-order valence-corrected chi connectivity index (χ3v) is 5.95. The number of para-hydroxylation sites is 1. The minimum atomic E-state index is 0.113. The van der Waals surface area contributed by atoms with Crippen molar-refractivity contribution in [2.75, 3.05) is 12.8 Å². The Labute approximate surface area is 176 Å². The van der Waals surface area contributed by atoms with Crippen LogP contribution in [0.15, 0.2) is 67.0 Å². The molecule has 2 aromatic heterocycles. The standard InChI is InChI=1S/C24H22N4.CH4O/c1-24(19-6-2-3-7-21(19)25)14-20(24)17-9-10-18-22(27-28-23(18)13-17)11-8-16-5-4-12-26-15-16;1-2/h2-13,15,20H,14,25H2,1H3,(H,27,28);2H,1H3/b11-8+;/t20?,24-;/m0./s1. The number of nitrogen functional groups attached to an aromatic ring is 1. The number of nitrogens with zero attached hydrogens (tertiary/aromatic N) is 2.